The van der Waals surface area contributed by atoms with Crippen molar-refractivity contribution in [1.29, 1.82) is 0 Å². The summed E-state index contributed by atoms with van der Waals surface area (Å²) in [6.07, 6.45) is 8.19. The minimum atomic E-state index is -0.284. The van der Waals surface area contributed by atoms with Gasteiger partial charge < -0.3 is 12.0 Å². The standard InChI is InChI=1S/C16H27O2.2W/c1-3-12-7-5-9-14(16(12)18)10-13-8-4-6-11(2)15(13)17;;/h11-15,17H,2-10H2,1H3;;/q-1;;. The second-order valence-corrected chi connectivity index (χ2v) is 6.31. The van der Waals surface area contributed by atoms with E-state index in [-0.39, 0.29) is 60.1 Å². The number of hydrogen-bond acceptors (Lipinski definition) is 2. The number of carbonyl (C=O) groups is 1. The SMILES string of the molecule is [CH2-]C1CCCC(CC2CCCC(CC)C2=O)C1O.[W].[W]. The normalized spacial score (nSPS) is 37.8. The van der Waals surface area contributed by atoms with E-state index in [1.165, 1.54) is 6.42 Å². The van der Waals surface area contributed by atoms with Gasteiger partial charge in [0, 0.05) is 60.1 Å². The van der Waals surface area contributed by atoms with Crippen molar-refractivity contribution in [2.75, 3.05) is 0 Å². The molecule has 0 aromatic carbocycles. The quantitative estimate of drug-likeness (QED) is 0.493. The zero-order chi connectivity index (χ0) is 13.1. The number of carbonyl (C=O) groups excluding carboxylic acids is 1. The van der Waals surface area contributed by atoms with Gasteiger partial charge in [0.15, 0.2) is 0 Å². The van der Waals surface area contributed by atoms with E-state index in [0.717, 1.165) is 44.9 Å². The fourth-order valence-electron chi connectivity index (χ4n) is 3.86. The predicted octanol–water partition coefficient (Wildman–Crippen LogP) is 3.38. The van der Waals surface area contributed by atoms with E-state index in [0.29, 0.717) is 17.6 Å². The van der Waals surface area contributed by atoms with E-state index in [1.807, 2.05) is 0 Å². The maximum Gasteiger partial charge on any atom is 0.139 e. The summed E-state index contributed by atoms with van der Waals surface area (Å²) in [5, 5.41) is 10.2. The predicted molar refractivity (Wildman–Crippen MR) is 72.9 cm³/mol. The minimum Gasteiger partial charge on any atom is -0.395 e. The van der Waals surface area contributed by atoms with Crippen LogP contribution in [-0.4, -0.2) is 17.0 Å². The average Bonchev–Trinajstić information content (AvgIpc) is 2.37. The van der Waals surface area contributed by atoms with Gasteiger partial charge in [-0.3, -0.25) is 4.79 Å². The van der Waals surface area contributed by atoms with Crippen molar-refractivity contribution in [1.82, 2.24) is 0 Å². The van der Waals surface area contributed by atoms with Crippen LogP contribution in [0.25, 0.3) is 0 Å². The monoisotopic (exact) mass is 619 g/mol. The van der Waals surface area contributed by atoms with Gasteiger partial charge >= 0.3 is 0 Å². The van der Waals surface area contributed by atoms with Gasteiger partial charge in [-0.25, -0.2) is 0 Å². The number of rotatable bonds is 3. The number of Topliss-reactive ketones (excluding diaryl/α,β-unsaturated/α-hetero) is 1. The van der Waals surface area contributed by atoms with Crippen LogP contribution in [0.4, 0.5) is 0 Å². The Morgan fingerprint density at radius 3 is 2.35 bits per heavy atom. The largest absolute Gasteiger partial charge is 0.395 e. The van der Waals surface area contributed by atoms with Crippen molar-refractivity contribution in [3.05, 3.63) is 6.92 Å². The summed E-state index contributed by atoms with van der Waals surface area (Å²) in [6.45, 7) is 6.15. The van der Waals surface area contributed by atoms with Gasteiger partial charge in [0.25, 0.3) is 0 Å². The summed E-state index contributed by atoms with van der Waals surface area (Å²) in [5.74, 6) is 1.46. The Balaban J connectivity index is 0.00000180. The molecule has 2 aliphatic rings. The maximum absolute atomic E-state index is 12.3. The van der Waals surface area contributed by atoms with Crippen LogP contribution in [-0.2, 0) is 46.9 Å². The summed E-state index contributed by atoms with van der Waals surface area (Å²) in [6, 6.07) is 0. The molecule has 0 aliphatic heterocycles. The van der Waals surface area contributed by atoms with E-state index in [9.17, 15) is 9.90 Å². The molecule has 0 spiro atoms. The van der Waals surface area contributed by atoms with Crippen molar-refractivity contribution in [2.45, 2.75) is 64.4 Å². The third-order valence-corrected chi connectivity index (χ3v) is 5.11. The van der Waals surface area contributed by atoms with Gasteiger partial charge in [0.2, 0.25) is 0 Å². The van der Waals surface area contributed by atoms with E-state index in [1.54, 1.807) is 0 Å². The van der Waals surface area contributed by atoms with Crippen molar-refractivity contribution in [2.24, 2.45) is 23.7 Å². The Morgan fingerprint density at radius 2 is 1.70 bits per heavy atom. The van der Waals surface area contributed by atoms with E-state index < -0.39 is 0 Å². The Hall–Kier alpha value is 1.01. The first-order valence-electron chi connectivity index (χ1n) is 7.68. The Kier molecular flexibility index (Phi) is 10.4. The summed E-state index contributed by atoms with van der Waals surface area (Å²) in [5.41, 5.74) is 0. The molecule has 0 amide bonds. The van der Waals surface area contributed by atoms with Crippen LogP contribution >= 0.6 is 0 Å². The van der Waals surface area contributed by atoms with Crippen LogP contribution in [0.1, 0.15) is 58.3 Å². The van der Waals surface area contributed by atoms with Crippen LogP contribution in [0.2, 0.25) is 0 Å². The Morgan fingerprint density at radius 1 is 1.10 bits per heavy atom. The molecule has 2 fully saturated rings. The third-order valence-electron chi connectivity index (χ3n) is 5.11. The molecule has 5 atom stereocenters. The molecule has 0 aromatic rings. The molecular formula is C16H27O2W2-. The summed E-state index contributed by atoms with van der Waals surface area (Å²) in [7, 11) is 0. The van der Waals surface area contributed by atoms with Crippen LogP contribution in [0.5, 0.6) is 0 Å². The van der Waals surface area contributed by atoms with Crippen LogP contribution in [0.15, 0.2) is 0 Å². The van der Waals surface area contributed by atoms with Crippen molar-refractivity contribution >= 4 is 5.78 Å². The fourth-order valence-corrected chi connectivity index (χ4v) is 3.86. The van der Waals surface area contributed by atoms with E-state index in [2.05, 4.69) is 13.8 Å². The molecule has 4 heteroatoms. The molecule has 0 radical (unpaired) electrons. The molecule has 5 unspecified atom stereocenters. The molecular weight excluding hydrogens is 592 g/mol. The summed E-state index contributed by atoms with van der Waals surface area (Å²) < 4.78 is 0. The first-order valence-corrected chi connectivity index (χ1v) is 7.68. The first kappa shape index (κ1) is 21.0. The van der Waals surface area contributed by atoms with Crippen LogP contribution in [0.3, 0.4) is 0 Å². The minimum absolute atomic E-state index is 0. The molecule has 0 saturated heterocycles. The average molecular weight is 619 g/mol. The molecule has 2 nitrogen and oxygen atoms in total. The molecule has 116 valence electrons. The first-order chi connectivity index (χ1) is 8.63. The molecule has 0 heterocycles. The molecule has 2 rings (SSSR count). The zero-order valence-electron chi connectivity index (χ0n) is 12.4. The van der Waals surface area contributed by atoms with Gasteiger partial charge in [-0.15, -0.1) is 5.92 Å². The molecule has 1 N–H and O–H groups in total. The van der Waals surface area contributed by atoms with Gasteiger partial charge in [-0.1, -0.05) is 26.2 Å². The van der Waals surface area contributed by atoms with Crippen molar-refractivity contribution in [3.63, 3.8) is 0 Å². The van der Waals surface area contributed by atoms with Gasteiger partial charge in [-0.05, 0) is 38.0 Å². The maximum atomic E-state index is 12.3. The summed E-state index contributed by atoms with van der Waals surface area (Å²) >= 11 is 0. The Labute approximate surface area is 152 Å². The van der Waals surface area contributed by atoms with Crippen molar-refractivity contribution < 1.29 is 52.0 Å². The van der Waals surface area contributed by atoms with E-state index >= 15 is 0 Å². The molecule has 0 bridgehead atoms. The van der Waals surface area contributed by atoms with Gasteiger partial charge in [0.1, 0.15) is 5.78 Å². The topological polar surface area (TPSA) is 37.3 Å². The molecule has 0 aromatic heterocycles. The van der Waals surface area contributed by atoms with Gasteiger partial charge in [-0.2, -0.15) is 0 Å². The molecule has 2 saturated carbocycles. The molecule has 20 heavy (non-hydrogen) atoms. The van der Waals surface area contributed by atoms with Crippen LogP contribution < -0.4 is 0 Å². The number of hydrogen-bond donors (Lipinski definition) is 1. The number of aliphatic hydroxyl groups is 1. The zero-order valence-corrected chi connectivity index (χ0v) is 18.3. The fraction of sp³-hybridized carbons (Fsp3) is 0.875. The Bertz CT molecular complexity index is 296. The summed E-state index contributed by atoms with van der Waals surface area (Å²) in [4.78, 5) is 12.3. The second-order valence-electron chi connectivity index (χ2n) is 6.31. The second kappa shape index (κ2) is 9.91. The number of aliphatic hydroxyl groups excluding tert-OH is 1. The van der Waals surface area contributed by atoms with Gasteiger partial charge in [0.05, 0.1) is 0 Å². The third kappa shape index (κ3) is 5.03. The smallest absolute Gasteiger partial charge is 0.139 e. The van der Waals surface area contributed by atoms with Crippen LogP contribution in [0, 0.1) is 30.6 Å². The number of ketones is 1. The van der Waals surface area contributed by atoms with E-state index in [4.69, 9.17) is 0 Å². The van der Waals surface area contributed by atoms with Crippen molar-refractivity contribution in [3.8, 4) is 0 Å². The molecule has 2 aliphatic carbocycles.